The van der Waals surface area contributed by atoms with Crippen LogP contribution >= 0.6 is 0 Å². The maximum absolute atomic E-state index is 5.28. The number of nitrogens with one attached hydrogen (secondary N) is 1. The number of imidazole rings is 1. The molecule has 0 aliphatic heterocycles. The van der Waals surface area contributed by atoms with Crippen LogP contribution < -0.4 is 4.74 Å². The summed E-state index contributed by atoms with van der Waals surface area (Å²) in [6.45, 7) is 0. The van der Waals surface area contributed by atoms with Gasteiger partial charge in [-0.25, -0.2) is 9.97 Å². The van der Waals surface area contributed by atoms with Crippen molar-refractivity contribution in [2.75, 3.05) is 7.11 Å². The predicted molar refractivity (Wildman–Crippen MR) is 150 cm³/mol. The highest BCUT2D eigenvalue weighted by atomic mass is 16.5. The molecule has 0 radical (unpaired) electrons. The minimum absolute atomic E-state index is 0.833. The highest BCUT2D eigenvalue weighted by molar-refractivity contribution is 5.81. The number of benzene rings is 4. The zero-order valence-corrected chi connectivity index (χ0v) is 20.4. The lowest BCUT2D eigenvalue weighted by atomic mass is 10.1. The molecule has 0 unspecified atom stereocenters. The Hall–Kier alpha value is -4.96. The monoisotopic (exact) mass is 479 g/mol. The lowest BCUT2D eigenvalue weighted by Gasteiger charge is -2.07. The fraction of sp³-hybridized carbons (Fsp3) is 0.0303. The molecule has 0 spiro atoms. The van der Waals surface area contributed by atoms with Gasteiger partial charge in [0.15, 0.2) is 0 Å². The lowest BCUT2D eigenvalue weighted by molar-refractivity contribution is 0.415. The van der Waals surface area contributed by atoms with Crippen LogP contribution in [0.2, 0.25) is 0 Å². The van der Waals surface area contributed by atoms with Gasteiger partial charge in [-0.3, -0.25) is 0 Å². The number of ether oxygens (including phenoxy) is 1. The van der Waals surface area contributed by atoms with Gasteiger partial charge in [-0.15, -0.1) is 0 Å². The van der Waals surface area contributed by atoms with Crippen molar-refractivity contribution < 1.29 is 4.74 Å². The third-order valence-electron chi connectivity index (χ3n) is 6.40. The normalized spacial score (nSPS) is 10.8. The Morgan fingerprint density at radius 1 is 0.486 bits per heavy atom. The van der Waals surface area contributed by atoms with Gasteiger partial charge in [-0.2, -0.15) is 0 Å². The van der Waals surface area contributed by atoms with Gasteiger partial charge >= 0.3 is 0 Å². The average molecular weight is 480 g/mol. The van der Waals surface area contributed by atoms with Crippen molar-refractivity contribution >= 4 is 0 Å². The zero-order chi connectivity index (χ0) is 25.0. The van der Waals surface area contributed by atoms with Crippen LogP contribution in [0.15, 0.2) is 127 Å². The first-order valence-corrected chi connectivity index (χ1v) is 12.2. The van der Waals surface area contributed by atoms with E-state index in [1.807, 2.05) is 78.9 Å². The van der Waals surface area contributed by atoms with Crippen LogP contribution in [-0.2, 0) is 0 Å². The van der Waals surface area contributed by atoms with Gasteiger partial charge in [0.2, 0.25) is 0 Å². The number of nitrogens with zero attached hydrogens (tertiary/aromatic N) is 2. The third-order valence-corrected chi connectivity index (χ3v) is 6.40. The van der Waals surface area contributed by atoms with Crippen molar-refractivity contribution in [1.82, 2.24) is 15.0 Å². The Bertz CT molecular complexity index is 1560. The summed E-state index contributed by atoms with van der Waals surface area (Å²) in [5, 5.41) is 0. The number of hydrogen-bond acceptors (Lipinski definition) is 3. The van der Waals surface area contributed by atoms with Crippen LogP contribution in [-0.4, -0.2) is 22.1 Å². The molecule has 0 saturated heterocycles. The van der Waals surface area contributed by atoms with Gasteiger partial charge in [-0.1, -0.05) is 91.0 Å². The molecule has 0 aliphatic rings. The Balaban J connectivity index is 1.33. The van der Waals surface area contributed by atoms with Crippen LogP contribution in [0.4, 0.5) is 0 Å². The van der Waals surface area contributed by atoms with Gasteiger partial charge in [-0.05, 0) is 36.4 Å². The third kappa shape index (κ3) is 4.65. The molecule has 0 atom stereocenters. The first kappa shape index (κ1) is 22.5. The molecule has 0 saturated carbocycles. The number of aromatic amines is 1. The Labute approximate surface area is 216 Å². The molecule has 2 aromatic heterocycles. The molecule has 0 aliphatic carbocycles. The van der Waals surface area contributed by atoms with Gasteiger partial charge in [0.25, 0.3) is 0 Å². The van der Waals surface area contributed by atoms with Gasteiger partial charge in [0.05, 0.1) is 29.9 Å². The molecular weight excluding hydrogens is 454 g/mol. The highest BCUT2D eigenvalue weighted by Crippen LogP contribution is 2.33. The lowest BCUT2D eigenvalue weighted by Crippen LogP contribution is -1.89. The number of methoxy groups -OCH3 is 1. The molecular formula is C33H25N3O. The molecule has 1 N–H and O–H groups in total. The SMILES string of the molecule is COc1ccc(-c2cccc(-c3ccc(-c4nc(-c5ccccc5)c(-c5ccccc5)[nH]4)cc3)n2)cc1. The predicted octanol–water partition coefficient (Wildman–Crippen LogP) is 8.15. The van der Waals surface area contributed by atoms with Crippen molar-refractivity contribution in [1.29, 1.82) is 0 Å². The van der Waals surface area contributed by atoms with E-state index in [4.69, 9.17) is 14.7 Å². The summed E-state index contributed by atoms with van der Waals surface area (Å²) < 4.78 is 5.28. The van der Waals surface area contributed by atoms with E-state index in [2.05, 4.69) is 53.5 Å². The van der Waals surface area contributed by atoms with E-state index >= 15 is 0 Å². The fourth-order valence-corrected chi connectivity index (χ4v) is 4.45. The molecule has 178 valence electrons. The van der Waals surface area contributed by atoms with Crippen LogP contribution in [0.5, 0.6) is 5.75 Å². The van der Waals surface area contributed by atoms with E-state index in [1.54, 1.807) is 7.11 Å². The number of pyridine rings is 1. The van der Waals surface area contributed by atoms with Crippen molar-refractivity contribution in [3.05, 3.63) is 127 Å². The highest BCUT2D eigenvalue weighted by Gasteiger charge is 2.15. The van der Waals surface area contributed by atoms with E-state index in [-0.39, 0.29) is 0 Å². The number of hydrogen-bond donors (Lipinski definition) is 1. The van der Waals surface area contributed by atoms with Crippen molar-refractivity contribution in [3.63, 3.8) is 0 Å². The Morgan fingerprint density at radius 3 is 1.62 bits per heavy atom. The van der Waals surface area contributed by atoms with Crippen molar-refractivity contribution in [3.8, 4) is 62.2 Å². The number of rotatable bonds is 6. The fourth-order valence-electron chi connectivity index (χ4n) is 4.45. The molecule has 0 bridgehead atoms. The van der Waals surface area contributed by atoms with Crippen molar-refractivity contribution in [2.24, 2.45) is 0 Å². The van der Waals surface area contributed by atoms with E-state index in [0.717, 1.165) is 62.2 Å². The second kappa shape index (κ2) is 9.96. The maximum atomic E-state index is 5.28. The van der Waals surface area contributed by atoms with Gasteiger partial charge in [0.1, 0.15) is 11.6 Å². The average Bonchev–Trinajstić information content (AvgIpc) is 3.44. The molecule has 2 heterocycles. The summed E-state index contributed by atoms with van der Waals surface area (Å²) >= 11 is 0. The second-order valence-corrected chi connectivity index (χ2v) is 8.75. The molecule has 6 aromatic rings. The van der Waals surface area contributed by atoms with Crippen LogP contribution in [0.25, 0.3) is 56.4 Å². The van der Waals surface area contributed by atoms with Crippen molar-refractivity contribution in [2.45, 2.75) is 0 Å². The largest absolute Gasteiger partial charge is 0.497 e. The van der Waals surface area contributed by atoms with Gasteiger partial charge < -0.3 is 9.72 Å². The molecule has 0 amide bonds. The summed E-state index contributed by atoms with van der Waals surface area (Å²) in [4.78, 5) is 13.5. The minimum Gasteiger partial charge on any atom is -0.497 e. The summed E-state index contributed by atoms with van der Waals surface area (Å²) in [5.74, 6) is 1.67. The van der Waals surface area contributed by atoms with E-state index in [1.165, 1.54) is 0 Å². The first-order valence-electron chi connectivity index (χ1n) is 12.2. The topological polar surface area (TPSA) is 50.8 Å². The molecule has 4 heteroatoms. The number of aromatic nitrogens is 3. The quantitative estimate of drug-likeness (QED) is 0.262. The Morgan fingerprint density at radius 2 is 1.03 bits per heavy atom. The second-order valence-electron chi connectivity index (χ2n) is 8.75. The first-order chi connectivity index (χ1) is 18.3. The van der Waals surface area contributed by atoms with E-state index in [0.29, 0.717) is 0 Å². The number of H-pyrrole nitrogens is 1. The van der Waals surface area contributed by atoms with Crippen LogP contribution in [0.1, 0.15) is 0 Å². The maximum Gasteiger partial charge on any atom is 0.138 e. The molecule has 6 rings (SSSR count). The molecule has 0 fully saturated rings. The van der Waals surface area contributed by atoms with Crippen LogP contribution in [0, 0.1) is 0 Å². The molecule has 4 aromatic carbocycles. The van der Waals surface area contributed by atoms with Gasteiger partial charge in [0, 0.05) is 27.8 Å². The Kier molecular flexibility index (Phi) is 6.05. The summed E-state index contributed by atoms with van der Waals surface area (Å²) in [6.07, 6.45) is 0. The zero-order valence-electron chi connectivity index (χ0n) is 20.4. The molecule has 37 heavy (non-hydrogen) atoms. The summed E-state index contributed by atoms with van der Waals surface area (Å²) in [7, 11) is 1.67. The smallest absolute Gasteiger partial charge is 0.138 e. The summed E-state index contributed by atoms with van der Waals surface area (Å²) in [5.41, 5.74) is 9.13. The molecule has 4 nitrogen and oxygen atoms in total. The van der Waals surface area contributed by atoms with Crippen LogP contribution in [0.3, 0.4) is 0 Å². The standard InChI is InChI=1S/C33H25N3O/c1-37-28-21-19-24(20-22-28)30-14-8-13-29(34-30)23-15-17-27(18-16-23)33-35-31(25-9-4-2-5-10-25)32(36-33)26-11-6-3-7-12-26/h2-22H,1H3,(H,35,36). The van der Waals surface area contributed by atoms with E-state index in [9.17, 15) is 0 Å². The van der Waals surface area contributed by atoms with E-state index < -0.39 is 0 Å². The summed E-state index contributed by atoms with van der Waals surface area (Å²) in [6, 6.07) is 43.1. The minimum atomic E-state index is 0.833.